The van der Waals surface area contributed by atoms with Crippen LogP contribution in [0.25, 0.3) is 15.0 Å². The molecule has 0 aliphatic heterocycles. The molecule has 18 heavy (non-hydrogen) atoms. The molecule has 0 aliphatic rings. The minimum absolute atomic E-state index is 0.199. The molecular weight excluding hydrogens is 250 g/mol. The largest absolute Gasteiger partial charge is 0.207 e. The van der Waals surface area contributed by atoms with E-state index in [0.29, 0.717) is 0 Å². The van der Waals surface area contributed by atoms with Gasteiger partial charge in [-0.05, 0) is 24.3 Å². The first-order valence-electron chi connectivity index (χ1n) is 5.63. The van der Waals surface area contributed by atoms with E-state index >= 15 is 0 Å². The van der Waals surface area contributed by atoms with Crippen molar-refractivity contribution in [1.29, 1.82) is 0 Å². The van der Waals surface area contributed by atoms with Gasteiger partial charge in [0.15, 0.2) is 14.5 Å². The van der Waals surface area contributed by atoms with Gasteiger partial charge < -0.3 is 0 Å². The number of hydrogen-bond donors (Lipinski definition) is 0. The van der Waals surface area contributed by atoms with E-state index < -0.39 is 0 Å². The van der Waals surface area contributed by atoms with Crippen LogP contribution in [0.1, 0.15) is 4.88 Å². The molecule has 1 aromatic heterocycles. The van der Waals surface area contributed by atoms with Gasteiger partial charge >= 0.3 is 0 Å². The van der Waals surface area contributed by atoms with Gasteiger partial charge in [0.2, 0.25) is 0 Å². The summed E-state index contributed by atoms with van der Waals surface area (Å²) >= 11 is 0. The Balaban J connectivity index is 2.28. The quantitative estimate of drug-likeness (QED) is 0.530. The molecule has 1 unspecified atom stereocenters. The fraction of sp³-hybridized carbons (Fsp3) is 0.0667. The predicted octanol–water partition coefficient (Wildman–Crippen LogP) is 5.16. The lowest BCUT2D eigenvalue weighted by Crippen LogP contribution is -1.75. The van der Waals surface area contributed by atoms with Crippen molar-refractivity contribution in [2.24, 2.45) is 0 Å². The summed E-state index contributed by atoms with van der Waals surface area (Å²) in [4.78, 5) is 2.25. The van der Waals surface area contributed by atoms with E-state index in [4.69, 9.17) is 0 Å². The number of halogens is 2. The molecule has 0 aliphatic carbocycles. The SMILES string of the molecule is Cc1cc2cc(F)ccc2[s+]1-c1ccc(F)cc1. The van der Waals surface area contributed by atoms with Crippen LogP contribution in [0.15, 0.2) is 48.5 Å². The van der Waals surface area contributed by atoms with Gasteiger partial charge in [0.05, 0.1) is 0 Å². The summed E-state index contributed by atoms with van der Waals surface area (Å²) in [5.41, 5.74) is 0. The normalized spacial score (nSPS) is 12.1. The van der Waals surface area contributed by atoms with Crippen molar-refractivity contribution < 1.29 is 8.78 Å². The second kappa shape index (κ2) is 4.18. The molecule has 0 N–H and O–H groups in total. The summed E-state index contributed by atoms with van der Waals surface area (Å²) in [7, 11) is -0.199. The molecule has 3 rings (SSSR count). The lowest BCUT2D eigenvalue weighted by atomic mass is 10.2. The number of benzene rings is 2. The lowest BCUT2D eigenvalue weighted by molar-refractivity contribution is 0.628. The van der Waals surface area contributed by atoms with Gasteiger partial charge in [-0.3, -0.25) is 0 Å². The van der Waals surface area contributed by atoms with Gasteiger partial charge in [-0.25, -0.2) is 8.78 Å². The van der Waals surface area contributed by atoms with Crippen molar-refractivity contribution in [3.05, 3.63) is 65.0 Å². The van der Waals surface area contributed by atoms with Crippen LogP contribution in [-0.2, 0) is 0 Å². The minimum atomic E-state index is -0.234. The van der Waals surface area contributed by atoms with Gasteiger partial charge in [0.25, 0.3) is 0 Å². The van der Waals surface area contributed by atoms with Crippen molar-refractivity contribution in [2.75, 3.05) is 0 Å². The van der Waals surface area contributed by atoms with Crippen molar-refractivity contribution in [1.82, 2.24) is 0 Å². The Bertz CT molecular complexity index is 711. The fourth-order valence-corrected chi connectivity index (χ4v) is 4.34. The second-order valence-electron chi connectivity index (χ2n) is 4.20. The fourth-order valence-electron chi connectivity index (χ4n) is 2.15. The maximum atomic E-state index is 13.2. The molecule has 0 spiro atoms. The predicted molar refractivity (Wildman–Crippen MR) is 72.4 cm³/mol. The molecule has 3 heteroatoms. The highest BCUT2D eigenvalue weighted by atomic mass is 32.2. The van der Waals surface area contributed by atoms with E-state index in [1.54, 1.807) is 18.2 Å². The smallest absolute Gasteiger partial charge is 0.186 e. The Morgan fingerprint density at radius 2 is 1.50 bits per heavy atom. The Labute approximate surface area is 106 Å². The van der Waals surface area contributed by atoms with Crippen LogP contribution in [0.4, 0.5) is 8.78 Å². The van der Waals surface area contributed by atoms with E-state index in [0.717, 1.165) is 15.0 Å². The van der Waals surface area contributed by atoms with E-state index in [-0.39, 0.29) is 22.1 Å². The van der Waals surface area contributed by atoms with Crippen LogP contribution < -0.4 is 0 Å². The average molecular weight is 261 g/mol. The molecule has 90 valence electrons. The third-order valence-electron chi connectivity index (χ3n) is 2.92. The van der Waals surface area contributed by atoms with Crippen LogP contribution in [0.3, 0.4) is 0 Å². The van der Waals surface area contributed by atoms with Crippen LogP contribution in [-0.4, -0.2) is 0 Å². The Kier molecular flexibility index (Phi) is 2.63. The molecule has 2 aromatic carbocycles. The molecule has 0 saturated carbocycles. The Hall–Kier alpha value is -1.74. The van der Waals surface area contributed by atoms with Crippen molar-refractivity contribution in [3.63, 3.8) is 0 Å². The number of aryl methyl sites for hydroxylation is 1. The zero-order chi connectivity index (χ0) is 12.7. The van der Waals surface area contributed by atoms with Crippen LogP contribution in [0, 0.1) is 18.6 Å². The summed E-state index contributed by atoms with van der Waals surface area (Å²) in [5.74, 6) is -0.454. The zero-order valence-corrected chi connectivity index (χ0v) is 10.6. The average Bonchev–Trinajstić information content (AvgIpc) is 2.65. The second-order valence-corrected chi connectivity index (χ2v) is 6.36. The van der Waals surface area contributed by atoms with Gasteiger partial charge in [0.1, 0.15) is 11.6 Å². The van der Waals surface area contributed by atoms with E-state index in [2.05, 4.69) is 0 Å². The third-order valence-corrected chi connectivity index (χ3v) is 5.24. The summed E-state index contributed by atoms with van der Waals surface area (Å²) in [6, 6.07) is 13.4. The van der Waals surface area contributed by atoms with Crippen molar-refractivity contribution in [3.8, 4) is 4.90 Å². The highest BCUT2D eigenvalue weighted by molar-refractivity contribution is 7.45. The van der Waals surface area contributed by atoms with Crippen molar-refractivity contribution in [2.45, 2.75) is 6.92 Å². The van der Waals surface area contributed by atoms with Crippen LogP contribution in [0.5, 0.6) is 0 Å². The highest BCUT2D eigenvalue weighted by Gasteiger charge is 2.20. The van der Waals surface area contributed by atoms with E-state index in [1.807, 2.05) is 19.1 Å². The number of thiophene rings is 1. The monoisotopic (exact) mass is 261 g/mol. The maximum Gasteiger partial charge on any atom is 0.186 e. The minimum Gasteiger partial charge on any atom is -0.207 e. The molecule has 0 bridgehead atoms. The molecular formula is C15H11F2S+. The molecule has 1 atom stereocenters. The first-order valence-corrected chi connectivity index (χ1v) is 6.85. The topological polar surface area (TPSA) is 0 Å². The summed E-state index contributed by atoms with van der Waals surface area (Å²) < 4.78 is 27.3. The molecule has 0 radical (unpaired) electrons. The van der Waals surface area contributed by atoms with Gasteiger partial charge in [-0.1, -0.05) is 0 Å². The van der Waals surface area contributed by atoms with Crippen LogP contribution >= 0.6 is 10.5 Å². The first kappa shape index (κ1) is 11.4. The van der Waals surface area contributed by atoms with Gasteiger partial charge in [0, 0.05) is 47.0 Å². The number of fused-ring (bicyclic) bond motifs is 1. The Morgan fingerprint density at radius 1 is 0.833 bits per heavy atom. The molecule has 1 heterocycles. The third kappa shape index (κ3) is 1.81. The zero-order valence-electron chi connectivity index (χ0n) is 9.78. The van der Waals surface area contributed by atoms with E-state index in [1.165, 1.54) is 23.1 Å². The van der Waals surface area contributed by atoms with Crippen LogP contribution in [0.2, 0.25) is 0 Å². The summed E-state index contributed by atoms with van der Waals surface area (Å²) in [5, 5.41) is 0.931. The summed E-state index contributed by atoms with van der Waals surface area (Å²) in [6.45, 7) is 2.03. The van der Waals surface area contributed by atoms with E-state index in [9.17, 15) is 8.78 Å². The molecule has 0 fully saturated rings. The van der Waals surface area contributed by atoms with Crippen molar-refractivity contribution >= 4 is 20.6 Å². The molecule has 3 aromatic rings. The molecule has 0 amide bonds. The number of hydrogen-bond acceptors (Lipinski definition) is 0. The molecule has 0 saturated heterocycles. The van der Waals surface area contributed by atoms with Gasteiger partial charge in [-0.15, -0.1) is 0 Å². The Morgan fingerprint density at radius 3 is 2.22 bits per heavy atom. The maximum absolute atomic E-state index is 13.2. The molecule has 0 nitrogen and oxygen atoms in total. The first-order chi connectivity index (χ1) is 8.65. The standard InChI is InChI=1S/C15H11F2S/c1-10-8-11-9-13(17)4-7-15(11)18(10)14-5-2-12(16)3-6-14/h2-9H,1H3/q+1. The lowest BCUT2D eigenvalue weighted by Gasteiger charge is -1.94. The highest BCUT2D eigenvalue weighted by Crippen LogP contribution is 2.43. The summed E-state index contributed by atoms with van der Waals surface area (Å²) in [6.07, 6.45) is 0. The van der Waals surface area contributed by atoms with Gasteiger partial charge in [-0.2, -0.15) is 0 Å². The number of rotatable bonds is 1.